The monoisotopic (exact) mass is 441 g/mol. The molecule has 164 valence electrons. The predicted molar refractivity (Wildman–Crippen MR) is 144 cm³/mol. The van der Waals surface area contributed by atoms with Crippen LogP contribution < -0.4 is 9.57 Å². The second-order valence-corrected chi connectivity index (χ2v) is 9.68. The molecule has 0 aliphatic carbocycles. The lowest BCUT2D eigenvalue weighted by molar-refractivity contribution is 0.630. The van der Waals surface area contributed by atoms with Crippen molar-refractivity contribution in [2.45, 2.75) is 32.1 Å². The van der Waals surface area contributed by atoms with Crippen LogP contribution in [0.2, 0.25) is 0 Å². The van der Waals surface area contributed by atoms with Gasteiger partial charge in [-0.1, -0.05) is 56.3 Å². The van der Waals surface area contributed by atoms with E-state index in [1.807, 2.05) is 18.5 Å². The fourth-order valence-electron chi connectivity index (χ4n) is 5.79. The molecule has 1 aromatic heterocycles. The van der Waals surface area contributed by atoms with Gasteiger partial charge in [0.15, 0.2) is 6.21 Å². The van der Waals surface area contributed by atoms with Crippen molar-refractivity contribution < 1.29 is 0 Å². The molecule has 4 aromatic rings. The third-order valence-electron chi connectivity index (χ3n) is 7.41. The number of amidine groups is 2. The smallest absolute Gasteiger partial charge is 0.309 e. The Morgan fingerprint density at radius 2 is 1.85 bits per heavy atom. The highest BCUT2D eigenvalue weighted by molar-refractivity contribution is 6.26. The quantitative estimate of drug-likeness (QED) is 0.332. The van der Waals surface area contributed by atoms with Gasteiger partial charge >= 0.3 is 5.84 Å². The molecule has 4 heterocycles. The summed E-state index contributed by atoms with van der Waals surface area (Å²) in [6, 6.07) is 22.4. The molecule has 0 saturated heterocycles. The molecule has 0 amide bonds. The van der Waals surface area contributed by atoms with Crippen molar-refractivity contribution in [1.82, 2.24) is 9.24 Å². The highest BCUT2D eigenvalue weighted by Crippen LogP contribution is 2.47. The summed E-state index contributed by atoms with van der Waals surface area (Å²) in [6.07, 6.45) is 11.8. The zero-order chi connectivity index (χ0) is 22.9. The Bertz CT molecular complexity index is 1670. The van der Waals surface area contributed by atoms with Crippen LogP contribution in [0.4, 0.5) is 5.69 Å². The molecule has 3 aliphatic heterocycles. The van der Waals surface area contributed by atoms with E-state index in [0.717, 1.165) is 30.2 Å². The third-order valence-corrected chi connectivity index (χ3v) is 7.41. The largest absolute Gasteiger partial charge is 0.381 e. The summed E-state index contributed by atoms with van der Waals surface area (Å²) in [5, 5.41) is 2.54. The molecule has 0 fully saturated rings. The Labute approximate surface area is 198 Å². The highest BCUT2D eigenvalue weighted by Gasteiger charge is 2.35. The summed E-state index contributed by atoms with van der Waals surface area (Å²) in [5.74, 6) is 1.94. The van der Waals surface area contributed by atoms with Crippen molar-refractivity contribution in [1.29, 1.82) is 0 Å². The maximum atomic E-state index is 4.72. The first-order valence-electron chi connectivity index (χ1n) is 11.9. The zero-order valence-corrected chi connectivity index (χ0v) is 19.4. The number of anilines is 1. The molecule has 3 aliphatic rings. The zero-order valence-electron chi connectivity index (χ0n) is 19.4. The van der Waals surface area contributed by atoms with Crippen LogP contribution in [0.3, 0.4) is 0 Å². The molecule has 0 radical (unpaired) electrons. The van der Waals surface area contributed by atoms with Gasteiger partial charge in [0.1, 0.15) is 5.69 Å². The van der Waals surface area contributed by atoms with Gasteiger partial charge < -0.3 is 4.57 Å². The predicted octanol–water partition coefficient (Wildman–Crippen LogP) is 6.04. The number of hydrogen-bond donors (Lipinski definition) is 0. The van der Waals surface area contributed by atoms with Crippen molar-refractivity contribution in [2.24, 2.45) is 4.99 Å². The van der Waals surface area contributed by atoms with Gasteiger partial charge in [-0.15, -0.1) is 0 Å². The first-order chi connectivity index (χ1) is 16.6. The van der Waals surface area contributed by atoms with E-state index in [2.05, 4.69) is 101 Å². The molecule has 3 aromatic carbocycles. The van der Waals surface area contributed by atoms with Gasteiger partial charge in [-0.05, 0) is 41.8 Å². The molecule has 34 heavy (non-hydrogen) atoms. The molecule has 0 unspecified atom stereocenters. The molecule has 0 saturated carbocycles. The minimum Gasteiger partial charge on any atom is -0.309 e. The lowest BCUT2D eigenvalue weighted by Gasteiger charge is -2.34. The molecule has 0 atom stereocenters. The van der Waals surface area contributed by atoms with Crippen LogP contribution in [0.5, 0.6) is 0 Å². The minimum atomic E-state index is -0.0578. The van der Waals surface area contributed by atoms with E-state index in [1.54, 1.807) is 0 Å². The molecule has 0 spiro atoms. The van der Waals surface area contributed by atoms with Gasteiger partial charge in [0.05, 0.1) is 22.8 Å². The molecular formula is C30H25N4+. The Kier molecular flexibility index (Phi) is 3.94. The number of aliphatic imine (C=N–C) groups is 1. The van der Waals surface area contributed by atoms with E-state index < -0.39 is 0 Å². The number of nitrogens with zero attached hydrogens (tertiary/aromatic N) is 4. The van der Waals surface area contributed by atoms with Gasteiger partial charge in [-0.3, -0.25) is 0 Å². The molecule has 7 rings (SSSR count). The summed E-state index contributed by atoms with van der Waals surface area (Å²) in [5.41, 5.74) is 7.59. The minimum absolute atomic E-state index is 0.0578. The van der Waals surface area contributed by atoms with Gasteiger partial charge in [-0.2, -0.15) is 4.90 Å². The maximum absolute atomic E-state index is 4.72. The summed E-state index contributed by atoms with van der Waals surface area (Å²) in [7, 11) is 0. The normalized spacial score (nSPS) is 17.2. The van der Waals surface area contributed by atoms with E-state index in [1.165, 1.54) is 38.6 Å². The van der Waals surface area contributed by atoms with E-state index in [9.17, 15) is 0 Å². The summed E-state index contributed by atoms with van der Waals surface area (Å²) < 4.78 is 7.08. The van der Waals surface area contributed by atoms with Crippen LogP contribution in [0, 0.1) is 0 Å². The van der Waals surface area contributed by atoms with Gasteiger partial charge in [0, 0.05) is 34.9 Å². The van der Waals surface area contributed by atoms with Gasteiger partial charge in [0.2, 0.25) is 5.84 Å². The fraction of sp³-hybridized carbons (Fsp3) is 0.167. The lowest BCUT2D eigenvalue weighted by atomic mass is 9.75. The fourth-order valence-corrected chi connectivity index (χ4v) is 5.79. The average molecular weight is 442 g/mol. The van der Waals surface area contributed by atoms with E-state index in [4.69, 9.17) is 4.99 Å². The van der Waals surface area contributed by atoms with Crippen LogP contribution in [0.25, 0.3) is 27.5 Å². The molecule has 4 heteroatoms. The maximum Gasteiger partial charge on any atom is 0.381 e. The third kappa shape index (κ3) is 2.55. The van der Waals surface area contributed by atoms with E-state index >= 15 is 0 Å². The second kappa shape index (κ2) is 6.93. The summed E-state index contributed by atoms with van der Waals surface area (Å²) >= 11 is 0. The first-order valence-corrected chi connectivity index (χ1v) is 11.9. The Morgan fingerprint density at radius 1 is 0.971 bits per heavy atom. The van der Waals surface area contributed by atoms with Crippen LogP contribution in [0.15, 0.2) is 90.1 Å². The Balaban J connectivity index is 1.54. The SMILES string of the molecule is CC1(C)c2ccccc2-n2c3ccc(N(C4=NC=CCC4)C4=[N+]=CC=C4)cc3c3cccc1c32. The Hall–Kier alpha value is -4.14. The van der Waals surface area contributed by atoms with E-state index in [0.29, 0.717) is 0 Å². The van der Waals surface area contributed by atoms with Crippen LogP contribution >= 0.6 is 0 Å². The molecule has 0 bridgehead atoms. The number of aromatic nitrogens is 1. The first kappa shape index (κ1) is 19.3. The van der Waals surface area contributed by atoms with Crippen molar-refractivity contribution in [3.63, 3.8) is 0 Å². The standard InChI is InChI=1S/C30H25N4/c1-30(2)23-10-3-4-12-26(23)34-25-16-15-20(19-22(25)21-9-7-11-24(30)29(21)34)33(28-14-8-18-32-28)27-13-5-6-17-31-27/h3-4,6-12,14-19H,5,13H2,1-2H3/q+1. The number of hydrogen-bond acceptors (Lipinski definition) is 2. The van der Waals surface area contributed by atoms with Crippen molar-refractivity contribution in [3.05, 3.63) is 96.2 Å². The van der Waals surface area contributed by atoms with Gasteiger partial charge in [0.25, 0.3) is 0 Å². The van der Waals surface area contributed by atoms with Crippen LogP contribution in [0.1, 0.15) is 37.8 Å². The number of fused-ring (bicyclic) bond motifs is 5. The van der Waals surface area contributed by atoms with Crippen molar-refractivity contribution >= 4 is 45.4 Å². The molecule has 4 nitrogen and oxygen atoms in total. The topological polar surface area (TPSA) is 34.6 Å². The van der Waals surface area contributed by atoms with Crippen molar-refractivity contribution in [2.75, 3.05) is 4.90 Å². The number of benzene rings is 3. The number of allylic oxidation sites excluding steroid dienone is 2. The average Bonchev–Trinajstić information content (AvgIpc) is 3.51. The van der Waals surface area contributed by atoms with Crippen LogP contribution in [-0.2, 0) is 5.41 Å². The lowest BCUT2D eigenvalue weighted by Crippen LogP contribution is -2.37. The molecular weight excluding hydrogens is 416 g/mol. The van der Waals surface area contributed by atoms with E-state index in [-0.39, 0.29) is 5.41 Å². The Morgan fingerprint density at radius 3 is 2.68 bits per heavy atom. The van der Waals surface area contributed by atoms with Crippen molar-refractivity contribution in [3.8, 4) is 5.69 Å². The van der Waals surface area contributed by atoms with Crippen LogP contribution in [-0.4, -0.2) is 22.5 Å². The highest BCUT2D eigenvalue weighted by atomic mass is 15.2. The second-order valence-electron chi connectivity index (χ2n) is 9.68. The number of para-hydroxylation sites is 2. The van der Waals surface area contributed by atoms with Gasteiger partial charge in [-0.25, -0.2) is 9.66 Å². The summed E-state index contributed by atoms with van der Waals surface area (Å²) in [4.78, 5) is 6.92. The molecule has 0 N–H and O–H groups in total. The number of rotatable bonds is 1. The summed E-state index contributed by atoms with van der Waals surface area (Å²) in [6.45, 7) is 4.68.